The summed E-state index contributed by atoms with van der Waals surface area (Å²) in [5.41, 5.74) is 5.65. The molecule has 15 heavy (non-hydrogen) atoms. The van der Waals surface area contributed by atoms with E-state index in [1.165, 1.54) is 0 Å². The summed E-state index contributed by atoms with van der Waals surface area (Å²) in [7, 11) is 1.71. The topological polar surface area (TPSA) is 55.6 Å². The van der Waals surface area contributed by atoms with Gasteiger partial charge in [0.15, 0.2) is 0 Å². The van der Waals surface area contributed by atoms with Crippen LogP contribution in [0, 0.1) is 0 Å². The third kappa shape index (κ3) is 8.39. The number of hydrogen-bond acceptors (Lipinski definition) is 3. The van der Waals surface area contributed by atoms with Gasteiger partial charge in [-0.2, -0.15) is 0 Å². The van der Waals surface area contributed by atoms with E-state index >= 15 is 0 Å². The molecule has 1 aliphatic rings. The van der Waals surface area contributed by atoms with Gasteiger partial charge in [0.05, 0.1) is 5.60 Å². The van der Waals surface area contributed by atoms with Gasteiger partial charge in [-0.05, 0) is 33.6 Å². The van der Waals surface area contributed by atoms with Crippen molar-refractivity contribution in [1.82, 2.24) is 4.90 Å². The van der Waals surface area contributed by atoms with Gasteiger partial charge in [-0.1, -0.05) is 0 Å². The summed E-state index contributed by atoms with van der Waals surface area (Å²) in [6, 6.07) is 0.321. The molecule has 0 aromatic heterocycles. The number of hydrogen-bond donors (Lipinski definition) is 1. The molecule has 1 amide bonds. The highest BCUT2D eigenvalue weighted by Crippen LogP contribution is 2.04. The maximum absolute atomic E-state index is 10.2. The van der Waals surface area contributed by atoms with Crippen molar-refractivity contribution in [3.8, 4) is 0 Å². The second kappa shape index (κ2) is 6.80. The molecule has 0 unspecified atom stereocenters. The summed E-state index contributed by atoms with van der Waals surface area (Å²) < 4.78 is 4.94. The summed E-state index contributed by atoms with van der Waals surface area (Å²) in [5, 5.41) is 0. The molecule has 1 aliphatic heterocycles. The van der Waals surface area contributed by atoms with Crippen LogP contribution in [0.15, 0.2) is 0 Å². The van der Waals surface area contributed by atoms with Gasteiger partial charge in [-0.15, -0.1) is 0 Å². The van der Waals surface area contributed by atoms with Crippen LogP contribution in [-0.2, 0) is 9.53 Å². The monoisotopic (exact) mass is 216 g/mol. The second-order valence-corrected chi connectivity index (χ2v) is 4.80. The minimum atomic E-state index is 0.0417. The zero-order valence-electron chi connectivity index (χ0n) is 10.3. The van der Waals surface area contributed by atoms with E-state index < -0.39 is 0 Å². The lowest BCUT2D eigenvalue weighted by Gasteiger charge is -2.26. The fraction of sp³-hybridized carbons (Fsp3) is 0.909. The van der Waals surface area contributed by atoms with E-state index in [9.17, 15) is 4.79 Å². The third-order valence-corrected chi connectivity index (χ3v) is 2.34. The third-order valence-electron chi connectivity index (χ3n) is 2.34. The van der Waals surface area contributed by atoms with Crippen molar-refractivity contribution in [2.75, 3.05) is 20.2 Å². The molecule has 1 rings (SSSR count). The van der Waals surface area contributed by atoms with Crippen LogP contribution in [0.3, 0.4) is 0 Å². The molecule has 0 spiro atoms. The van der Waals surface area contributed by atoms with E-state index in [1.807, 2.05) is 20.8 Å². The normalized spacial score (nSPS) is 18.1. The Balaban J connectivity index is 0.000000288. The highest BCUT2D eigenvalue weighted by atomic mass is 16.5. The van der Waals surface area contributed by atoms with E-state index in [2.05, 4.69) is 0 Å². The van der Waals surface area contributed by atoms with Crippen LogP contribution in [0.4, 0.5) is 0 Å². The fourth-order valence-electron chi connectivity index (χ4n) is 1.02. The van der Waals surface area contributed by atoms with E-state index in [4.69, 9.17) is 10.5 Å². The Labute approximate surface area is 92.8 Å². The molecule has 1 fully saturated rings. The van der Waals surface area contributed by atoms with Gasteiger partial charge in [0.25, 0.3) is 0 Å². The summed E-state index contributed by atoms with van der Waals surface area (Å²) in [6.45, 7) is 7.74. The number of carbonyl (C=O) groups excluding carboxylic acids is 1. The van der Waals surface area contributed by atoms with Gasteiger partial charge in [0.1, 0.15) is 0 Å². The van der Waals surface area contributed by atoms with Crippen LogP contribution < -0.4 is 5.73 Å². The molecule has 4 nitrogen and oxygen atoms in total. The number of methoxy groups -OCH3 is 1. The maximum Gasteiger partial charge on any atom is 0.209 e. The van der Waals surface area contributed by atoms with Gasteiger partial charge in [-0.25, -0.2) is 0 Å². The first-order valence-corrected chi connectivity index (χ1v) is 5.39. The SMILES string of the molecule is COC(C)(C)C.NC1CCN(C=O)CC1. The molecule has 0 aromatic rings. The molecule has 0 bridgehead atoms. The van der Waals surface area contributed by atoms with Gasteiger partial charge in [0, 0.05) is 26.2 Å². The number of likely N-dealkylation sites (tertiary alicyclic amines) is 1. The lowest BCUT2D eigenvalue weighted by atomic mass is 10.1. The van der Waals surface area contributed by atoms with Crippen molar-refractivity contribution in [1.29, 1.82) is 0 Å². The Morgan fingerprint density at radius 3 is 2.00 bits per heavy atom. The van der Waals surface area contributed by atoms with Crippen molar-refractivity contribution in [3.63, 3.8) is 0 Å². The number of piperidine rings is 1. The first kappa shape index (κ1) is 14.4. The van der Waals surface area contributed by atoms with E-state index in [0.717, 1.165) is 32.3 Å². The van der Waals surface area contributed by atoms with Crippen molar-refractivity contribution in [3.05, 3.63) is 0 Å². The molecular weight excluding hydrogens is 192 g/mol. The predicted octanol–water partition coefficient (Wildman–Crippen LogP) is 0.997. The van der Waals surface area contributed by atoms with Crippen molar-refractivity contribution in [2.24, 2.45) is 5.73 Å². The van der Waals surface area contributed by atoms with E-state index in [1.54, 1.807) is 12.0 Å². The highest BCUT2D eigenvalue weighted by Gasteiger charge is 2.13. The summed E-state index contributed by atoms with van der Waals surface area (Å²) in [5.74, 6) is 0. The molecular formula is C11H24N2O2. The largest absolute Gasteiger partial charge is 0.379 e. The Hall–Kier alpha value is -0.610. The van der Waals surface area contributed by atoms with Gasteiger partial charge in [0.2, 0.25) is 6.41 Å². The van der Waals surface area contributed by atoms with Crippen LogP contribution in [0.1, 0.15) is 33.6 Å². The van der Waals surface area contributed by atoms with E-state index in [-0.39, 0.29) is 5.60 Å². The van der Waals surface area contributed by atoms with Gasteiger partial charge < -0.3 is 15.4 Å². The zero-order valence-corrected chi connectivity index (χ0v) is 10.3. The number of nitrogens with zero attached hydrogens (tertiary/aromatic N) is 1. The lowest BCUT2D eigenvalue weighted by molar-refractivity contribution is -0.119. The van der Waals surface area contributed by atoms with Crippen molar-refractivity contribution in [2.45, 2.75) is 45.3 Å². The quantitative estimate of drug-likeness (QED) is 0.665. The molecule has 2 N–H and O–H groups in total. The molecule has 0 aromatic carbocycles. The lowest BCUT2D eigenvalue weighted by Crippen LogP contribution is -2.38. The number of ether oxygens (including phenoxy) is 1. The minimum Gasteiger partial charge on any atom is -0.379 e. The molecule has 1 saturated heterocycles. The molecule has 90 valence electrons. The van der Waals surface area contributed by atoms with Crippen LogP contribution >= 0.6 is 0 Å². The Bertz CT molecular complexity index is 170. The van der Waals surface area contributed by atoms with Crippen molar-refractivity contribution >= 4 is 6.41 Å². The Morgan fingerprint density at radius 1 is 1.33 bits per heavy atom. The maximum atomic E-state index is 10.2. The summed E-state index contributed by atoms with van der Waals surface area (Å²) in [4.78, 5) is 11.9. The first-order chi connectivity index (χ1) is 6.89. The minimum absolute atomic E-state index is 0.0417. The average Bonchev–Trinajstić information content (AvgIpc) is 2.19. The molecule has 0 aliphatic carbocycles. The number of rotatable bonds is 1. The van der Waals surface area contributed by atoms with Crippen LogP contribution in [0.2, 0.25) is 0 Å². The van der Waals surface area contributed by atoms with Crippen LogP contribution in [-0.4, -0.2) is 43.2 Å². The number of nitrogens with two attached hydrogens (primary N) is 1. The highest BCUT2D eigenvalue weighted by molar-refractivity contribution is 5.47. The molecule has 0 atom stereocenters. The van der Waals surface area contributed by atoms with Crippen LogP contribution in [0.5, 0.6) is 0 Å². The predicted molar refractivity (Wildman–Crippen MR) is 61.6 cm³/mol. The zero-order chi connectivity index (χ0) is 11.9. The number of amides is 1. The number of carbonyl (C=O) groups is 1. The van der Waals surface area contributed by atoms with Crippen LogP contribution in [0.25, 0.3) is 0 Å². The smallest absolute Gasteiger partial charge is 0.209 e. The summed E-state index contributed by atoms with van der Waals surface area (Å²) in [6.07, 6.45) is 2.81. The van der Waals surface area contributed by atoms with E-state index in [0.29, 0.717) is 6.04 Å². The van der Waals surface area contributed by atoms with Gasteiger partial charge >= 0.3 is 0 Å². The van der Waals surface area contributed by atoms with Crippen molar-refractivity contribution < 1.29 is 9.53 Å². The summed E-state index contributed by atoms with van der Waals surface area (Å²) >= 11 is 0. The fourth-order valence-corrected chi connectivity index (χ4v) is 1.02. The molecule has 0 radical (unpaired) electrons. The Morgan fingerprint density at radius 2 is 1.73 bits per heavy atom. The first-order valence-electron chi connectivity index (χ1n) is 5.39. The molecule has 4 heteroatoms. The molecule has 0 saturated carbocycles. The average molecular weight is 216 g/mol. The second-order valence-electron chi connectivity index (χ2n) is 4.80. The molecule has 1 heterocycles. The van der Waals surface area contributed by atoms with Gasteiger partial charge in [-0.3, -0.25) is 4.79 Å². The standard InChI is InChI=1S/C6H12N2O.C5H12O/c7-6-1-3-8(5-9)4-2-6;1-5(2,3)6-4/h5-6H,1-4,7H2;1-4H3. The Kier molecular flexibility index (Phi) is 6.52.